The van der Waals surface area contributed by atoms with Crippen LogP contribution in [0.3, 0.4) is 0 Å². The molecule has 0 aliphatic carbocycles. The Kier molecular flexibility index (Phi) is 5.64. The minimum absolute atomic E-state index is 0.163. The zero-order chi connectivity index (χ0) is 14.5. The average Bonchev–Trinajstić information content (AvgIpc) is 2.92. The van der Waals surface area contributed by atoms with Crippen LogP contribution in [0.4, 0.5) is 0 Å². The Morgan fingerprint density at radius 3 is 2.80 bits per heavy atom. The third kappa shape index (κ3) is 4.33. The first-order valence-corrected chi connectivity index (χ1v) is 7.63. The van der Waals surface area contributed by atoms with E-state index in [1.54, 1.807) is 0 Å². The van der Waals surface area contributed by atoms with Crippen molar-refractivity contribution in [1.29, 1.82) is 0 Å². The van der Waals surface area contributed by atoms with Gasteiger partial charge in [-0.3, -0.25) is 4.79 Å². The number of rotatable bonds is 5. The number of hydrogen-bond donors (Lipinski definition) is 1. The number of carbonyl (C=O) groups excluding carboxylic acids is 1. The first-order valence-electron chi connectivity index (χ1n) is 6.88. The summed E-state index contributed by atoms with van der Waals surface area (Å²) in [5, 5.41) is 3.42. The maximum Gasteiger partial charge on any atom is 0.252 e. The molecule has 2 rings (SSSR count). The molecule has 20 heavy (non-hydrogen) atoms. The van der Waals surface area contributed by atoms with E-state index in [4.69, 9.17) is 23.2 Å². The molecular formula is C14H19Cl2N3O. The molecule has 1 N–H and O–H groups in total. The predicted molar refractivity (Wildman–Crippen MR) is 81.4 cm³/mol. The van der Waals surface area contributed by atoms with Gasteiger partial charge in [0.15, 0.2) is 0 Å². The second kappa shape index (κ2) is 7.25. The fraction of sp³-hybridized carbons (Fsp3) is 0.571. The molecule has 6 heteroatoms. The molecule has 110 valence electrons. The Bertz CT molecular complexity index is 475. The zero-order valence-electron chi connectivity index (χ0n) is 11.5. The van der Waals surface area contributed by atoms with Gasteiger partial charge >= 0.3 is 0 Å². The average molecular weight is 316 g/mol. The van der Waals surface area contributed by atoms with E-state index in [0.29, 0.717) is 23.0 Å². The third-order valence-corrected chi connectivity index (χ3v) is 4.12. The monoisotopic (exact) mass is 315 g/mol. The number of nitrogens with zero attached hydrogens (tertiary/aromatic N) is 2. The lowest BCUT2D eigenvalue weighted by molar-refractivity contribution is 0.0944. The Morgan fingerprint density at radius 1 is 1.45 bits per heavy atom. The van der Waals surface area contributed by atoms with Gasteiger partial charge in [0.2, 0.25) is 0 Å². The molecule has 1 aromatic rings. The van der Waals surface area contributed by atoms with Gasteiger partial charge in [-0.15, -0.1) is 0 Å². The van der Waals surface area contributed by atoms with Crippen molar-refractivity contribution in [2.45, 2.75) is 19.8 Å². The van der Waals surface area contributed by atoms with Gasteiger partial charge in [0.05, 0.1) is 10.6 Å². The van der Waals surface area contributed by atoms with E-state index in [-0.39, 0.29) is 11.1 Å². The smallest absolute Gasteiger partial charge is 0.252 e. The molecule has 0 radical (unpaired) electrons. The minimum atomic E-state index is -0.163. The van der Waals surface area contributed by atoms with Crippen molar-refractivity contribution in [2.24, 2.45) is 5.92 Å². The van der Waals surface area contributed by atoms with E-state index >= 15 is 0 Å². The van der Waals surface area contributed by atoms with Crippen LogP contribution in [0.2, 0.25) is 10.2 Å². The molecule has 4 nitrogen and oxygen atoms in total. The molecule has 1 amide bonds. The van der Waals surface area contributed by atoms with E-state index in [2.05, 4.69) is 22.1 Å². The van der Waals surface area contributed by atoms with Crippen LogP contribution in [-0.4, -0.2) is 42.0 Å². The minimum Gasteiger partial charge on any atom is -0.352 e. The van der Waals surface area contributed by atoms with Crippen LogP contribution >= 0.6 is 23.2 Å². The fourth-order valence-electron chi connectivity index (χ4n) is 2.38. The Morgan fingerprint density at radius 2 is 2.15 bits per heavy atom. The van der Waals surface area contributed by atoms with Gasteiger partial charge in [-0.2, -0.15) is 0 Å². The molecule has 0 saturated carbocycles. The summed E-state index contributed by atoms with van der Waals surface area (Å²) in [7, 11) is 0. The molecule has 1 unspecified atom stereocenters. The van der Waals surface area contributed by atoms with Gasteiger partial charge < -0.3 is 10.2 Å². The summed E-state index contributed by atoms with van der Waals surface area (Å²) in [6, 6.07) is 1.54. The first kappa shape index (κ1) is 15.5. The van der Waals surface area contributed by atoms with Crippen molar-refractivity contribution in [3.8, 4) is 0 Å². The summed E-state index contributed by atoms with van der Waals surface area (Å²) >= 11 is 11.6. The van der Waals surface area contributed by atoms with Crippen molar-refractivity contribution >= 4 is 29.1 Å². The normalized spacial score (nSPS) is 17.1. The fourth-order valence-corrected chi connectivity index (χ4v) is 2.65. The molecule has 1 aliphatic rings. The van der Waals surface area contributed by atoms with E-state index in [1.165, 1.54) is 38.2 Å². The number of likely N-dealkylation sites (tertiary alicyclic amines) is 1. The van der Waals surface area contributed by atoms with Gasteiger partial charge in [0, 0.05) is 19.3 Å². The quantitative estimate of drug-likeness (QED) is 0.850. The summed E-state index contributed by atoms with van der Waals surface area (Å²) < 4.78 is 0. The molecule has 0 bridgehead atoms. The second-order valence-corrected chi connectivity index (χ2v) is 6.08. The van der Waals surface area contributed by atoms with Crippen LogP contribution in [0.5, 0.6) is 0 Å². The van der Waals surface area contributed by atoms with E-state index in [0.717, 1.165) is 6.54 Å². The lowest BCUT2D eigenvalue weighted by Crippen LogP contribution is -2.34. The van der Waals surface area contributed by atoms with Crippen LogP contribution in [0.25, 0.3) is 0 Å². The van der Waals surface area contributed by atoms with Crippen LogP contribution < -0.4 is 5.32 Å². The van der Waals surface area contributed by atoms with Crippen molar-refractivity contribution in [1.82, 2.24) is 15.2 Å². The maximum absolute atomic E-state index is 12.0. The predicted octanol–water partition coefficient (Wildman–Crippen LogP) is 2.85. The van der Waals surface area contributed by atoms with E-state index in [1.807, 2.05) is 0 Å². The molecule has 1 fully saturated rings. The number of pyridine rings is 1. The first-order chi connectivity index (χ1) is 9.56. The second-order valence-electron chi connectivity index (χ2n) is 5.32. The number of halogens is 2. The lowest BCUT2D eigenvalue weighted by atomic mass is 10.1. The number of hydrogen-bond acceptors (Lipinski definition) is 3. The topological polar surface area (TPSA) is 45.2 Å². The van der Waals surface area contributed by atoms with E-state index in [9.17, 15) is 4.79 Å². The van der Waals surface area contributed by atoms with Crippen molar-refractivity contribution in [3.05, 3.63) is 28.0 Å². The number of carbonyl (C=O) groups is 1. The number of amides is 1. The molecular weight excluding hydrogens is 297 g/mol. The summed E-state index contributed by atoms with van der Waals surface area (Å²) in [5.41, 5.74) is 0.438. The van der Waals surface area contributed by atoms with Crippen LogP contribution in [0.15, 0.2) is 12.3 Å². The summed E-state index contributed by atoms with van der Waals surface area (Å²) in [6.07, 6.45) is 4.01. The molecule has 0 aromatic carbocycles. The highest BCUT2D eigenvalue weighted by atomic mass is 35.5. The number of aromatic nitrogens is 1. The van der Waals surface area contributed by atoms with Crippen molar-refractivity contribution in [2.75, 3.05) is 26.2 Å². The maximum atomic E-state index is 12.0. The highest BCUT2D eigenvalue weighted by molar-refractivity contribution is 6.41. The van der Waals surface area contributed by atoms with Crippen LogP contribution in [-0.2, 0) is 0 Å². The third-order valence-electron chi connectivity index (χ3n) is 3.44. The Balaban J connectivity index is 1.80. The van der Waals surface area contributed by atoms with Gasteiger partial charge in [-0.25, -0.2) is 4.98 Å². The van der Waals surface area contributed by atoms with Gasteiger partial charge in [0.25, 0.3) is 5.91 Å². The number of nitrogens with one attached hydrogen (secondary N) is 1. The SMILES string of the molecule is CC(CNC(=O)c1cnc(Cl)c(Cl)c1)CN1CCCC1. The standard InChI is InChI=1S/C14H19Cl2N3O/c1-10(9-19-4-2-3-5-19)7-18-14(20)11-6-12(15)13(16)17-8-11/h6,8,10H,2-5,7,9H2,1H3,(H,18,20). The Labute approximate surface area is 129 Å². The molecule has 2 heterocycles. The van der Waals surface area contributed by atoms with Crippen LogP contribution in [0, 0.1) is 5.92 Å². The zero-order valence-corrected chi connectivity index (χ0v) is 13.0. The van der Waals surface area contributed by atoms with E-state index < -0.39 is 0 Å². The summed E-state index contributed by atoms with van der Waals surface area (Å²) in [4.78, 5) is 18.3. The highest BCUT2D eigenvalue weighted by Crippen LogP contribution is 2.19. The highest BCUT2D eigenvalue weighted by Gasteiger charge is 2.15. The lowest BCUT2D eigenvalue weighted by Gasteiger charge is -2.20. The van der Waals surface area contributed by atoms with Gasteiger partial charge in [0.1, 0.15) is 5.15 Å². The van der Waals surface area contributed by atoms with Crippen molar-refractivity contribution in [3.63, 3.8) is 0 Å². The summed E-state index contributed by atoms with van der Waals surface area (Å²) in [5.74, 6) is 0.261. The molecule has 0 spiro atoms. The Hall–Kier alpha value is -0.840. The molecule has 1 saturated heterocycles. The molecule has 1 aromatic heterocycles. The van der Waals surface area contributed by atoms with Crippen LogP contribution in [0.1, 0.15) is 30.1 Å². The molecule has 1 aliphatic heterocycles. The van der Waals surface area contributed by atoms with Crippen molar-refractivity contribution < 1.29 is 4.79 Å². The molecule has 1 atom stereocenters. The van der Waals surface area contributed by atoms with Gasteiger partial charge in [-0.05, 0) is 37.9 Å². The summed E-state index contributed by atoms with van der Waals surface area (Å²) in [6.45, 7) is 6.17. The largest absolute Gasteiger partial charge is 0.352 e. The van der Waals surface area contributed by atoms with Gasteiger partial charge in [-0.1, -0.05) is 30.1 Å².